The highest BCUT2D eigenvalue weighted by Crippen LogP contribution is 2.18. The van der Waals surface area contributed by atoms with Gasteiger partial charge in [0.1, 0.15) is 17.4 Å². The average Bonchev–Trinajstić information content (AvgIpc) is 2.34. The number of nitrogens with two attached hydrogens (primary N) is 1. The van der Waals surface area contributed by atoms with E-state index >= 15 is 0 Å². The smallest absolute Gasteiger partial charge is 0.141 e. The average molecular weight is 294 g/mol. The standard InChI is InChI=1S/C12H12BrN3O/c1-17-9-4-2-3-8(5-9)6-11-15-7-10(13)12(14)16-11/h2-5,7H,6H2,1H3,(H2,14,15,16). The van der Waals surface area contributed by atoms with E-state index in [1.54, 1.807) is 13.3 Å². The highest BCUT2D eigenvalue weighted by Gasteiger charge is 2.03. The molecule has 88 valence electrons. The molecule has 1 aromatic carbocycles. The molecule has 0 aliphatic rings. The highest BCUT2D eigenvalue weighted by molar-refractivity contribution is 9.10. The van der Waals surface area contributed by atoms with Gasteiger partial charge in [-0.1, -0.05) is 12.1 Å². The summed E-state index contributed by atoms with van der Waals surface area (Å²) in [6.45, 7) is 0. The molecule has 1 aromatic heterocycles. The number of hydrogen-bond acceptors (Lipinski definition) is 4. The number of halogens is 1. The summed E-state index contributed by atoms with van der Waals surface area (Å²) in [6, 6.07) is 7.81. The third-order valence-corrected chi connectivity index (χ3v) is 2.93. The molecule has 2 N–H and O–H groups in total. The van der Waals surface area contributed by atoms with E-state index < -0.39 is 0 Å². The zero-order valence-electron chi connectivity index (χ0n) is 9.35. The number of nitrogen functional groups attached to an aromatic ring is 1. The largest absolute Gasteiger partial charge is 0.497 e. The van der Waals surface area contributed by atoms with Crippen LogP contribution in [0.3, 0.4) is 0 Å². The fourth-order valence-electron chi connectivity index (χ4n) is 1.47. The number of aromatic nitrogens is 2. The van der Waals surface area contributed by atoms with Crippen LogP contribution in [0.15, 0.2) is 34.9 Å². The Morgan fingerprint density at radius 2 is 2.24 bits per heavy atom. The van der Waals surface area contributed by atoms with Crippen LogP contribution in [0.4, 0.5) is 5.82 Å². The van der Waals surface area contributed by atoms with Crippen LogP contribution in [-0.2, 0) is 6.42 Å². The minimum atomic E-state index is 0.456. The molecule has 0 aliphatic carbocycles. The molecule has 0 fully saturated rings. The van der Waals surface area contributed by atoms with Gasteiger partial charge in [0.15, 0.2) is 0 Å². The summed E-state index contributed by atoms with van der Waals surface area (Å²) < 4.78 is 5.88. The number of benzene rings is 1. The zero-order chi connectivity index (χ0) is 12.3. The number of rotatable bonds is 3. The Hall–Kier alpha value is -1.62. The lowest BCUT2D eigenvalue weighted by Gasteiger charge is -2.04. The molecule has 2 rings (SSSR count). The molecule has 0 aliphatic heterocycles. The molecule has 2 aromatic rings. The Morgan fingerprint density at radius 1 is 1.41 bits per heavy atom. The van der Waals surface area contributed by atoms with Crippen LogP contribution < -0.4 is 10.5 Å². The van der Waals surface area contributed by atoms with E-state index in [0.717, 1.165) is 11.3 Å². The van der Waals surface area contributed by atoms with Gasteiger partial charge in [-0.15, -0.1) is 0 Å². The van der Waals surface area contributed by atoms with Gasteiger partial charge in [0, 0.05) is 12.6 Å². The van der Waals surface area contributed by atoms with Gasteiger partial charge in [-0.2, -0.15) is 0 Å². The Bertz CT molecular complexity index is 531. The summed E-state index contributed by atoms with van der Waals surface area (Å²) in [6.07, 6.45) is 2.30. The van der Waals surface area contributed by atoms with Gasteiger partial charge in [0.2, 0.25) is 0 Å². The van der Waals surface area contributed by atoms with Crippen molar-refractivity contribution in [2.75, 3.05) is 12.8 Å². The maximum atomic E-state index is 5.71. The van der Waals surface area contributed by atoms with Crippen LogP contribution in [0.1, 0.15) is 11.4 Å². The second-order valence-corrected chi connectivity index (χ2v) is 4.40. The zero-order valence-corrected chi connectivity index (χ0v) is 10.9. The summed E-state index contributed by atoms with van der Waals surface area (Å²) in [5.41, 5.74) is 6.80. The Morgan fingerprint density at radius 3 is 2.94 bits per heavy atom. The Labute approximate surface area is 108 Å². The van der Waals surface area contributed by atoms with Crippen LogP contribution in [-0.4, -0.2) is 17.1 Å². The van der Waals surface area contributed by atoms with E-state index in [0.29, 0.717) is 22.5 Å². The molecular weight excluding hydrogens is 282 g/mol. The van der Waals surface area contributed by atoms with Crippen molar-refractivity contribution >= 4 is 21.7 Å². The monoisotopic (exact) mass is 293 g/mol. The Balaban J connectivity index is 2.22. The lowest BCUT2D eigenvalue weighted by atomic mass is 10.1. The molecule has 5 heteroatoms. The van der Waals surface area contributed by atoms with Crippen molar-refractivity contribution in [2.45, 2.75) is 6.42 Å². The van der Waals surface area contributed by atoms with E-state index in [1.807, 2.05) is 24.3 Å². The number of anilines is 1. The second kappa shape index (κ2) is 5.14. The van der Waals surface area contributed by atoms with Crippen molar-refractivity contribution in [3.8, 4) is 5.75 Å². The molecule has 0 saturated heterocycles. The van der Waals surface area contributed by atoms with Crippen molar-refractivity contribution in [2.24, 2.45) is 0 Å². The molecule has 0 bridgehead atoms. The maximum Gasteiger partial charge on any atom is 0.141 e. The van der Waals surface area contributed by atoms with E-state index in [4.69, 9.17) is 10.5 Å². The minimum Gasteiger partial charge on any atom is -0.497 e. The lowest BCUT2D eigenvalue weighted by molar-refractivity contribution is 0.414. The van der Waals surface area contributed by atoms with Crippen molar-refractivity contribution in [1.82, 2.24) is 9.97 Å². The van der Waals surface area contributed by atoms with E-state index in [1.165, 1.54) is 0 Å². The highest BCUT2D eigenvalue weighted by atomic mass is 79.9. The predicted octanol–water partition coefficient (Wildman–Crippen LogP) is 2.42. The summed E-state index contributed by atoms with van der Waals surface area (Å²) >= 11 is 3.27. The van der Waals surface area contributed by atoms with Crippen LogP contribution in [0.2, 0.25) is 0 Å². The van der Waals surface area contributed by atoms with Gasteiger partial charge in [0.25, 0.3) is 0 Å². The number of methoxy groups -OCH3 is 1. The molecule has 0 atom stereocenters. The van der Waals surface area contributed by atoms with Gasteiger partial charge in [-0.3, -0.25) is 0 Å². The number of ether oxygens (including phenoxy) is 1. The molecule has 0 spiro atoms. The normalized spacial score (nSPS) is 10.2. The first-order valence-corrected chi connectivity index (χ1v) is 5.88. The number of hydrogen-bond donors (Lipinski definition) is 1. The summed E-state index contributed by atoms with van der Waals surface area (Å²) in [5, 5.41) is 0. The van der Waals surface area contributed by atoms with Crippen molar-refractivity contribution < 1.29 is 4.74 Å². The quantitative estimate of drug-likeness (QED) is 0.944. The van der Waals surface area contributed by atoms with Crippen LogP contribution in [0.25, 0.3) is 0 Å². The fraction of sp³-hybridized carbons (Fsp3) is 0.167. The van der Waals surface area contributed by atoms with Crippen LogP contribution >= 0.6 is 15.9 Å². The summed E-state index contributed by atoms with van der Waals surface area (Å²) in [4.78, 5) is 8.41. The summed E-state index contributed by atoms with van der Waals surface area (Å²) in [7, 11) is 1.65. The molecule has 0 saturated carbocycles. The van der Waals surface area contributed by atoms with Gasteiger partial charge in [0.05, 0.1) is 11.6 Å². The predicted molar refractivity (Wildman–Crippen MR) is 69.9 cm³/mol. The maximum absolute atomic E-state index is 5.71. The molecule has 0 unspecified atom stereocenters. The van der Waals surface area contributed by atoms with E-state index in [9.17, 15) is 0 Å². The summed E-state index contributed by atoms with van der Waals surface area (Å²) in [5.74, 6) is 1.98. The first-order valence-electron chi connectivity index (χ1n) is 5.09. The third kappa shape index (κ3) is 2.94. The SMILES string of the molecule is COc1cccc(Cc2ncc(Br)c(N)n2)c1. The van der Waals surface area contributed by atoms with Crippen molar-refractivity contribution in [1.29, 1.82) is 0 Å². The molecule has 17 heavy (non-hydrogen) atoms. The molecular formula is C12H12BrN3O. The first-order chi connectivity index (χ1) is 8.19. The van der Waals surface area contributed by atoms with Crippen molar-refractivity contribution in [3.63, 3.8) is 0 Å². The third-order valence-electron chi connectivity index (χ3n) is 2.32. The second-order valence-electron chi connectivity index (χ2n) is 3.55. The van der Waals surface area contributed by atoms with Gasteiger partial charge >= 0.3 is 0 Å². The van der Waals surface area contributed by atoms with Gasteiger partial charge in [-0.25, -0.2) is 9.97 Å². The van der Waals surface area contributed by atoms with Crippen LogP contribution in [0.5, 0.6) is 5.75 Å². The van der Waals surface area contributed by atoms with Gasteiger partial charge in [-0.05, 0) is 33.6 Å². The van der Waals surface area contributed by atoms with E-state index in [-0.39, 0.29) is 0 Å². The van der Waals surface area contributed by atoms with E-state index in [2.05, 4.69) is 25.9 Å². The minimum absolute atomic E-state index is 0.456. The molecule has 0 amide bonds. The fourth-order valence-corrected chi connectivity index (χ4v) is 1.66. The first kappa shape index (κ1) is 11.9. The topological polar surface area (TPSA) is 61.0 Å². The Kier molecular flexibility index (Phi) is 3.58. The molecule has 4 nitrogen and oxygen atoms in total. The molecule has 0 radical (unpaired) electrons. The van der Waals surface area contributed by atoms with Crippen molar-refractivity contribution in [3.05, 3.63) is 46.3 Å². The van der Waals surface area contributed by atoms with Crippen LogP contribution in [0, 0.1) is 0 Å². The number of nitrogens with zero attached hydrogens (tertiary/aromatic N) is 2. The lowest BCUT2D eigenvalue weighted by Crippen LogP contribution is -2.01. The molecule has 1 heterocycles. The van der Waals surface area contributed by atoms with Gasteiger partial charge < -0.3 is 10.5 Å².